The molecular formula is C21H16FN3OS2. The normalized spacial score (nSPS) is 13.1. The number of thiazole rings is 1. The third kappa shape index (κ3) is 3.72. The van der Waals surface area contributed by atoms with Gasteiger partial charge in [0.25, 0.3) is 0 Å². The van der Waals surface area contributed by atoms with E-state index >= 15 is 0 Å². The minimum absolute atomic E-state index is 0.326. The van der Waals surface area contributed by atoms with E-state index in [1.807, 2.05) is 30.3 Å². The van der Waals surface area contributed by atoms with Gasteiger partial charge in [0, 0.05) is 28.5 Å². The van der Waals surface area contributed by atoms with Crippen LogP contribution in [0.4, 0.5) is 10.2 Å². The third-order valence-corrected chi connectivity index (χ3v) is 6.67. The lowest BCUT2D eigenvalue weighted by atomic mass is 10.1. The maximum Gasteiger partial charge on any atom is 0.170 e. The minimum Gasteiger partial charge on any atom is -0.245 e. The molecule has 7 heteroatoms. The molecule has 0 N–H and O–H groups in total. The van der Waals surface area contributed by atoms with Crippen molar-refractivity contribution in [1.82, 2.24) is 9.97 Å². The molecule has 0 saturated heterocycles. The Morgan fingerprint density at radius 3 is 2.61 bits per heavy atom. The van der Waals surface area contributed by atoms with Gasteiger partial charge in [-0.3, -0.25) is 0 Å². The Bertz CT molecular complexity index is 1250. The standard InChI is InChI=1S/C21H16FN3OS2/c1-28(26,17-9-3-2-4-10-17)25-21-18(11-6-12-23-21)20-19(24-14-27-20)15-7-5-8-16(22)13-15/h2-14H,1H3. The number of benzene rings is 2. The van der Waals surface area contributed by atoms with Crippen LogP contribution in [0.25, 0.3) is 21.7 Å². The first-order valence-electron chi connectivity index (χ1n) is 8.47. The molecule has 0 radical (unpaired) electrons. The van der Waals surface area contributed by atoms with E-state index in [1.165, 1.54) is 23.5 Å². The van der Waals surface area contributed by atoms with Gasteiger partial charge in [-0.1, -0.05) is 30.3 Å². The van der Waals surface area contributed by atoms with Crippen LogP contribution in [-0.4, -0.2) is 20.4 Å². The van der Waals surface area contributed by atoms with Crippen molar-refractivity contribution in [3.05, 3.63) is 84.3 Å². The molecule has 0 aliphatic carbocycles. The second-order valence-corrected chi connectivity index (χ2v) is 9.24. The number of hydrogen-bond donors (Lipinski definition) is 0. The van der Waals surface area contributed by atoms with Gasteiger partial charge < -0.3 is 0 Å². The van der Waals surface area contributed by atoms with Crippen molar-refractivity contribution in [3.63, 3.8) is 0 Å². The molecular weight excluding hydrogens is 393 g/mol. The minimum atomic E-state index is -2.67. The van der Waals surface area contributed by atoms with E-state index in [-0.39, 0.29) is 5.82 Å². The smallest absolute Gasteiger partial charge is 0.170 e. The molecule has 0 bridgehead atoms. The van der Waals surface area contributed by atoms with Crippen LogP contribution in [0.2, 0.25) is 0 Å². The quantitative estimate of drug-likeness (QED) is 0.428. The fourth-order valence-electron chi connectivity index (χ4n) is 2.82. The van der Waals surface area contributed by atoms with E-state index in [9.17, 15) is 8.60 Å². The summed E-state index contributed by atoms with van der Waals surface area (Å²) < 4.78 is 31.4. The van der Waals surface area contributed by atoms with E-state index in [4.69, 9.17) is 0 Å². The molecule has 140 valence electrons. The predicted molar refractivity (Wildman–Crippen MR) is 112 cm³/mol. The van der Waals surface area contributed by atoms with E-state index in [0.717, 1.165) is 10.4 Å². The monoisotopic (exact) mass is 409 g/mol. The summed E-state index contributed by atoms with van der Waals surface area (Å²) in [4.78, 5) is 10.2. The lowest BCUT2D eigenvalue weighted by Gasteiger charge is -2.08. The zero-order valence-electron chi connectivity index (χ0n) is 14.9. The average molecular weight is 410 g/mol. The maximum atomic E-state index is 13.7. The van der Waals surface area contributed by atoms with Crippen molar-refractivity contribution >= 4 is 26.9 Å². The third-order valence-electron chi connectivity index (χ3n) is 4.14. The van der Waals surface area contributed by atoms with Crippen molar-refractivity contribution in [1.29, 1.82) is 0 Å². The van der Waals surface area contributed by atoms with Crippen LogP contribution in [0.1, 0.15) is 0 Å². The number of pyridine rings is 1. The molecule has 0 fully saturated rings. The zero-order valence-corrected chi connectivity index (χ0v) is 16.6. The van der Waals surface area contributed by atoms with E-state index < -0.39 is 9.73 Å². The zero-order chi connectivity index (χ0) is 19.6. The largest absolute Gasteiger partial charge is 0.245 e. The van der Waals surface area contributed by atoms with E-state index in [2.05, 4.69) is 14.3 Å². The van der Waals surface area contributed by atoms with Crippen LogP contribution < -0.4 is 0 Å². The SMILES string of the molecule is CS(=O)(=Nc1ncccc1-c1scnc1-c1cccc(F)c1)c1ccccc1. The summed E-state index contributed by atoms with van der Waals surface area (Å²) in [5.41, 5.74) is 3.74. The Labute approximate surface area is 166 Å². The molecule has 28 heavy (non-hydrogen) atoms. The molecule has 0 saturated carbocycles. The first-order chi connectivity index (χ1) is 13.5. The summed E-state index contributed by atoms with van der Waals surface area (Å²) in [5.74, 6) is 0.0500. The summed E-state index contributed by atoms with van der Waals surface area (Å²) in [5, 5.41) is 0. The topological polar surface area (TPSA) is 55.2 Å². The Morgan fingerprint density at radius 1 is 1.00 bits per heavy atom. The van der Waals surface area contributed by atoms with Gasteiger partial charge in [0.15, 0.2) is 5.82 Å². The van der Waals surface area contributed by atoms with Crippen LogP contribution in [0.3, 0.4) is 0 Å². The van der Waals surface area contributed by atoms with E-state index in [0.29, 0.717) is 22.0 Å². The molecule has 0 spiro atoms. The van der Waals surface area contributed by atoms with Crippen molar-refractivity contribution in [3.8, 4) is 21.7 Å². The van der Waals surface area contributed by atoms with Crippen molar-refractivity contribution < 1.29 is 8.60 Å². The molecule has 2 aromatic carbocycles. The molecule has 2 aromatic heterocycles. The molecule has 1 atom stereocenters. The van der Waals surface area contributed by atoms with Gasteiger partial charge in [0.1, 0.15) is 5.82 Å². The summed E-state index contributed by atoms with van der Waals surface area (Å²) in [7, 11) is -2.67. The van der Waals surface area contributed by atoms with Gasteiger partial charge in [0.2, 0.25) is 0 Å². The van der Waals surface area contributed by atoms with E-state index in [1.54, 1.807) is 42.2 Å². The van der Waals surface area contributed by atoms with Crippen LogP contribution in [0.15, 0.2) is 87.7 Å². The predicted octanol–water partition coefficient (Wildman–Crippen LogP) is 5.80. The van der Waals surface area contributed by atoms with Gasteiger partial charge in [-0.15, -0.1) is 11.3 Å². The number of halogens is 1. The van der Waals surface area contributed by atoms with Gasteiger partial charge in [0.05, 0.1) is 25.8 Å². The molecule has 0 aliphatic heterocycles. The first kappa shape index (κ1) is 18.5. The van der Waals surface area contributed by atoms with Gasteiger partial charge >= 0.3 is 0 Å². The van der Waals surface area contributed by atoms with Crippen molar-refractivity contribution in [2.45, 2.75) is 4.90 Å². The van der Waals surface area contributed by atoms with Gasteiger partial charge in [-0.25, -0.2) is 18.6 Å². The fourth-order valence-corrected chi connectivity index (χ4v) is 4.89. The maximum absolute atomic E-state index is 13.7. The molecule has 1 unspecified atom stereocenters. The van der Waals surface area contributed by atoms with Crippen LogP contribution in [0.5, 0.6) is 0 Å². The van der Waals surface area contributed by atoms with Crippen molar-refractivity contribution in [2.24, 2.45) is 4.36 Å². The van der Waals surface area contributed by atoms with Crippen molar-refractivity contribution in [2.75, 3.05) is 6.26 Å². The lowest BCUT2D eigenvalue weighted by molar-refractivity contribution is 0.628. The molecule has 0 aliphatic rings. The second kappa shape index (κ2) is 7.61. The Kier molecular flexibility index (Phi) is 5.02. The highest BCUT2D eigenvalue weighted by molar-refractivity contribution is 7.93. The molecule has 4 nitrogen and oxygen atoms in total. The summed E-state index contributed by atoms with van der Waals surface area (Å²) >= 11 is 1.41. The van der Waals surface area contributed by atoms with Crippen LogP contribution >= 0.6 is 11.3 Å². The summed E-state index contributed by atoms with van der Waals surface area (Å²) in [6, 6.07) is 19.1. The molecule has 2 heterocycles. The number of rotatable bonds is 4. The fraction of sp³-hybridized carbons (Fsp3) is 0.0476. The van der Waals surface area contributed by atoms with Gasteiger partial charge in [-0.2, -0.15) is 4.36 Å². The first-order valence-corrected chi connectivity index (χ1v) is 11.3. The van der Waals surface area contributed by atoms with Crippen LogP contribution in [0, 0.1) is 5.82 Å². The summed E-state index contributed by atoms with van der Waals surface area (Å²) in [6.45, 7) is 0. The number of hydrogen-bond acceptors (Lipinski definition) is 5. The summed E-state index contributed by atoms with van der Waals surface area (Å²) in [6.07, 6.45) is 3.21. The number of nitrogens with zero attached hydrogens (tertiary/aromatic N) is 3. The molecule has 4 rings (SSSR count). The average Bonchev–Trinajstić information content (AvgIpc) is 3.18. The Morgan fingerprint density at radius 2 is 1.82 bits per heavy atom. The van der Waals surface area contributed by atoms with Gasteiger partial charge in [-0.05, 0) is 36.4 Å². The Balaban J connectivity index is 1.86. The molecule has 0 amide bonds. The number of aromatic nitrogens is 2. The lowest BCUT2D eigenvalue weighted by Crippen LogP contribution is -1.97. The highest BCUT2D eigenvalue weighted by atomic mass is 32.2. The van der Waals surface area contributed by atoms with Crippen LogP contribution in [-0.2, 0) is 9.73 Å². The highest BCUT2D eigenvalue weighted by Gasteiger charge is 2.17. The molecule has 4 aromatic rings. The Hall–Kier alpha value is -2.90. The second-order valence-electron chi connectivity index (χ2n) is 6.12. The highest BCUT2D eigenvalue weighted by Crippen LogP contribution is 2.39.